The lowest BCUT2D eigenvalue weighted by atomic mass is 9.96. The summed E-state index contributed by atoms with van der Waals surface area (Å²) in [6.45, 7) is 0. The normalized spacial score (nSPS) is 13.3. The summed E-state index contributed by atoms with van der Waals surface area (Å²) in [5, 5.41) is 6.89. The van der Waals surface area contributed by atoms with Gasteiger partial charge in [-0.15, -0.1) is 0 Å². The molecule has 1 aliphatic carbocycles. The number of carbonyl (C=O) groups excluding carboxylic acids is 1. The third kappa shape index (κ3) is 4.48. The molecule has 0 spiro atoms. The third-order valence-electron chi connectivity index (χ3n) is 6.21. The zero-order valence-corrected chi connectivity index (χ0v) is 20.2. The van der Waals surface area contributed by atoms with E-state index in [-0.39, 0.29) is 5.91 Å². The zero-order valence-electron chi connectivity index (χ0n) is 19.3. The van der Waals surface area contributed by atoms with Crippen LogP contribution in [0.2, 0.25) is 0 Å². The number of para-hydroxylation sites is 2. The lowest BCUT2D eigenvalue weighted by Crippen LogP contribution is -2.24. The summed E-state index contributed by atoms with van der Waals surface area (Å²) in [7, 11) is 0. The van der Waals surface area contributed by atoms with Crippen LogP contribution in [-0.4, -0.2) is 26.4 Å². The van der Waals surface area contributed by atoms with E-state index >= 15 is 0 Å². The summed E-state index contributed by atoms with van der Waals surface area (Å²) >= 11 is 1.53. The Kier molecular flexibility index (Phi) is 5.74. The van der Waals surface area contributed by atoms with E-state index in [2.05, 4.69) is 20.6 Å². The predicted molar refractivity (Wildman–Crippen MR) is 143 cm³/mol. The molecule has 3 aromatic heterocycles. The van der Waals surface area contributed by atoms with E-state index in [4.69, 9.17) is 10.5 Å². The van der Waals surface area contributed by atoms with Crippen molar-refractivity contribution < 1.29 is 9.53 Å². The molecule has 1 aliphatic rings. The number of hydrogen-bond donors (Lipinski definition) is 3. The molecular formula is C27H24N6O2S. The number of aromatic nitrogens is 3. The number of rotatable bonds is 7. The number of fused-ring (bicyclic) bond motifs is 1. The minimum absolute atomic E-state index is 0.218. The Morgan fingerprint density at radius 2 is 1.89 bits per heavy atom. The molecule has 1 amide bonds. The molecule has 8 nitrogen and oxygen atoms in total. The lowest BCUT2D eigenvalue weighted by Gasteiger charge is -2.26. The minimum Gasteiger partial charge on any atom is -0.490 e. The number of nitrogens with zero attached hydrogens (tertiary/aromatic N) is 3. The number of pyridine rings is 1. The first kappa shape index (κ1) is 22.1. The smallest absolute Gasteiger partial charge is 0.255 e. The van der Waals surface area contributed by atoms with Crippen molar-refractivity contribution in [3.63, 3.8) is 0 Å². The topological polar surface area (TPSA) is 107 Å². The number of amides is 1. The Hall–Kier alpha value is -4.37. The second-order valence-electron chi connectivity index (χ2n) is 8.68. The van der Waals surface area contributed by atoms with Crippen molar-refractivity contribution in [2.24, 2.45) is 0 Å². The molecule has 6 rings (SSSR count). The number of nitrogen functional groups attached to an aromatic ring is 1. The highest BCUT2D eigenvalue weighted by Gasteiger charge is 2.19. The monoisotopic (exact) mass is 496 g/mol. The van der Waals surface area contributed by atoms with E-state index in [1.807, 2.05) is 59.4 Å². The van der Waals surface area contributed by atoms with Crippen LogP contribution in [0.1, 0.15) is 29.6 Å². The van der Waals surface area contributed by atoms with Crippen LogP contribution in [-0.2, 0) is 0 Å². The van der Waals surface area contributed by atoms with Crippen molar-refractivity contribution >= 4 is 45.1 Å². The number of nitrogens with one attached hydrogen (secondary N) is 2. The standard InChI is InChI=1S/C27H24N6O2S/c28-21-6-1-2-7-22(21)32-26(34)17-8-10-18(11-9-17)31-27-30-16-24(36-27)23-15-29-25-14-20(12-13-33(23)25)35-19-4-3-5-19/h1-2,6-16,19H,3-5,28H2,(H,30,31)(H,32,34). The van der Waals surface area contributed by atoms with Crippen LogP contribution in [0.4, 0.5) is 22.2 Å². The molecule has 0 saturated heterocycles. The van der Waals surface area contributed by atoms with E-state index in [9.17, 15) is 4.79 Å². The maximum Gasteiger partial charge on any atom is 0.255 e. The average molecular weight is 497 g/mol. The van der Waals surface area contributed by atoms with Gasteiger partial charge < -0.3 is 21.1 Å². The van der Waals surface area contributed by atoms with Crippen LogP contribution in [0.15, 0.2) is 79.3 Å². The molecule has 1 saturated carbocycles. The second kappa shape index (κ2) is 9.35. The maximum absolute atomic E-state index is 12.6. The molecule has 0 radical (unpaired) electrons. The van der Waals surface area contributed by atoms with Gasteiger partial charge in [-0.25, -0.2) is 9.97 Å². The van der Waals surface area contributed by atoms with Crippen molar-refractivity contribution in [2.45, 2.75) is 25.4 Å². The van der Waals surface area contributed by atoms with E-state index < -0.39 is 0 Å². The molecule has 1 fully saturated rings. The maximum atomic E-state index is 12.6. The van der Waals surface area contributed by atoms with Gasteiger partial charge in [-0.05, 0) is 61.7 Å². The number of hydrogen-bond acceptors (Lipinski definition) is 7. The SMILES string of the molecule is Nc1ccccc1NC(=O)c1ccc(Nc2ncc(-c3cnc4cc(OC5CCC5)ccn34)s2)cc1. The van der Waals surface area contributed by atoms with Gasteiger partial charge in [0, 0.05) is 29.7 Å². The fourth-order valence-corrected chi connectivity index (χ4v) is 4.83. The number of ether oxygens (including phenoxy) is 1. The summed E-state index contributed by atoms with van der Waals surface area (Å²) in [4.78, 5) is 22.6. The largest absolute Gasteiger partial charge is 0.490 e. The molecule has 0 aliphatic heterocycles. The summed E-state index contributed by atoms with van der Waals surface area (Å²) in [6, 6.07) is 18.4. The van der Waals surface area contributed by atoms with Gasteiger partial charge in [0.15, 0.2) is 5.13 Å². The molecule has 0 bridgehead atoms. The second-order valence-corrected chi connectivity index (χ2v) is 9.71. The molecular weight excluding hydrogens is 472 g/mol. The van der Waals surface area contributed by atoms with Crippen LogP contribution < -0.4 is 21.1 Å². The summed E-state index contributed by atoms with van der Waals surface area (Å²) in [6.07, 6.45) is 9.51. The number of carbonyl (C=O) groups is 1. The van der Waals surface area contributed by atoms with Crippen LogP contribution >= 0.6 is 11.3 Å². The Morgan fingerprint density at radius 1 is 1.06 bits per heavy atom. The predicted octanol–water partition coefficient (Wildman–Crippen LogP) is 5.97. The van der Waals surface area contributed by atoms with Crippen molar-refractivity contribution in [2.75, 3.05) is 16.4 Å². The fraction of sp³-hybridized carbons (Fsp3) is 0.148. The molecule has 36 heavy (non-hydrogen) atoms. The molecule has 4 N–H and O–H groups in total. The first-order valence-electron chi connectivity index (χ1n) is 11.8. The Bertz CT molecular complexity index is 1540. The number of thiazole rings is 1. The summed E-state index contributed by atoms with van der Waals surface area (Å²) in [5.74, 6) is 0.644. The van der Waals surface area contributed by atoms with Crippen LogP contribution in [0.25, 0.3) is 16.2 Å². The van der Waals surface area contributed by atoms with Crippen molar-refractivity contribution in [3.05, 3.63) is 84.8 Å². The first-order chi connectivity index (χ1) is 17.6. The third-order valence-corrected chi connectivity index (χ3v) is 7.14. The highest BCUT2D eigenvalue weighted by Crippen LogP contribution is 2.32. The van der Waals surface area contributed by atoms with E-state index in [0.717, 1.165) is 45.6 Å². The highest BCUT2D eigenvalue weighted by atomic mass is 32.1. The number of nitrogens with two attached hydrogens (primary N) is 1. The summed E-state index contributed by atoms with van der Waals surface area (Å²) in [5.41, 5.74) is 10.2. The van der Waals surface area contributed by atoms with E-state index in [1.54, 1.807) is 24.3 Å². The first-order valence-corrected chi connectivity index (χ1v) is 12.6. The summed E-state index contributed by atoms with van der Waals surface area (Å²) < 4.78 is 8.04. The molecule has 9 heteroatoms. The Morgan fingerprint density at radius 3 is 2.67 bits per heavy atom. The van der Waals surface area contributed by atoms with Gasteiger partial charge >= 0.3 is 0 Å². The Balaban J connectivity index is 1.13. The fourth-order valence-electron chi connectivity index (χ4n) is 3.98. The van der Waals surface area contributed by atoms with Crippen LogP contribution in [0.3, 0.4) is 0 Å². The van der Waals surface area contributed by atoms with E-state index in [0.29, 0.717) is 23.0 Å². The average Bonchev–Trinajstić information content (AvgIpc) is 3.50. The number of anilines is 4. The van der Waals surface area contributed by atoms with Crippen molar-refractivity contribution in [3.8, 4) is 16.3 Å². The molecule has 2 aromatic carbocycles. The molecule has 0 atom stereocenters. The molecule has 180 valence electrons. The van der Waals surface area contributed by atoms with Crippen molar-refractivity contribution in [1.82, 2.24) is 14.4 Å². The van der Waals surface area contributed by atoms with Gasteiger partial charge in [-0.2, -0.15) is 0 Å². The van der Waals surface area contributed by atoms with Crippen LogP contribution in [0, 0.1) is 0 Å². The van der Waals surface area contributed by atoms with Gasteiger partial charge in [-0.1, -0.05) is 23.5 Å². The quantitative estimate of drug-likeness (QED) is 0.240. The van der Waals surface area contributed by atoms with Crippen molar-refractivity contribution in [1.29, 1.82) is 0 Å². The zero-order chi connectivity index (χ0) is 24.5. The Labute approximate surface area is 211 Å². The lowest BCUT2D eigenvalue weighted by molar-refractivity contribution is 0.102. The molecule has 5 aromatic rings. The number of imidazole rings is 1. The van der Waals surface area contributed by atoms with Gasteiger partial charge in [0.25, 0.3) is 5.91 Å². The molecule has 0 unspecified atom stereocenters. The number of benzene rings is 2. The molecule has 3 heterocycles. The minimum atomic E-state index is -0.218. The van der Waals surface area contributed by atoms with Gasteiger partial charge in [-0.3, -0.25) is 9.20 Å². The highest BCUT2D eigenvalue weighted by molar-refractivity contribution is 7.18. The van der Waals surface area contributed by atoms with Gasteiger partial charge in [0.1, 0.15) is 11.4 Å². The van der Waals surface area contributed by atoms with Gasteiger partial charge in [0.2, 0.25) is 0 Å². The van der Waals surface area contributed by atoms with Gasteiger partial charge in [0.05, 0.1) is 34.2 Å². The van der Waals surface area contributed by atoms with Crippen LogP contribution in [0.5, 0.6) is 5.75 Å². The van der Waals surface area contributed by atoms with E-state index in [1.165, 1.54) is 17.8 Å².